The van der Waals surface area contributed by atoms with Gasteiger partial charge in [0.15, 0.2) is 11.5 Å². The van der Waals surface area contributed by atoms with Gasteiger partial charge in [0.25, 0.3) is 5.91 Å². The summed E-state index contributed by atoms with van der Waals surface area (Å²) in [5.74, 6) is -0.0278. The van der Waals surface area contributed by atoms with Crippen molar-refractivity contribution in [2.45, 2.75) is 31.7 Å². The quantitative estimate of drug-likeness (QED) is 0.222. The molecule has 0 aliphatic carbocycles. The number of benzene rings is 1. The van der Waals surface area contributed by atoms with Gasteiger partial charge in [0.1, 0.15) is 17.7 Å². The molecule has 3 aromatic rings. The SMILES string of the molecule is NC(=O)c1nnc(N2CCOCC2)nc1Nc1ccc(N2CCN(CC3CCN(c4ccc(NC5CCC(=O)NC5=O)nc4)CC3)CC2)c(F)c1. The number of halogens is 1. The highest BCUT2D eigenvalue weighted by atomic mass is 19.1. The van der Waals surface area contributed by atoms with Crippen LogP contribution in [0.5, 0.6) is 0 Å². The van der Waals surface area contributed by atoms with Crippen LogP contribution < -0.4 is 36.4 Å². The monoisotopic (exact) mass is 702 g/mol. The first kappa shape index (κ1) is 34.3. The van der Waals surface area contributed by atoms with E-state index in [4.69, 9.17) is 10.5 Å². The molecule has 1 unspecified atom stereocenters. The van der Waals surface area contributed by atoms with Gasteiger partial charge in [0, 0.05) is 71.0 Å². The fraction of sp³-hybridized carbons (Fsp3) is 0.500. The molecule has 0 saturated carbocycles. The summed E-state index contributed by atoms with van der Waals surface area (Å²) < 4.78 is 20.9. The summed E-state index contributed by atoms with van der Waals surface area (Å²) in [5, 5.41) is 16.6. The van der Waals surface area contributed by atoms with E-state index in [0.29, 0.717) is 68.2 Å². The van der Waals surface area contributed by atoms with Gasteiger partial charge in [-0.15, -0.1) is 10.2 Å². The Labute approximate surface area is 294 Å². The Kier molecular flexibility index (Phi) is 10.3. The molecule has 1 aromatic carbocycles. The number of piperidine rings is 2. The van der Waals surface area contributed by atoms with E-state index < -0.39 is 11.9 Å². The number of aromatic nitrogens is 4. The van der Waals surface area contributed by atoms with Gasteiger partial charge in [-0.05, 0) is 55.5 Å². The molecule has 6 heterocycles. The number of nitrogens with one attached hydrogen (secondary N) is 3. The average molecular weight is 703 g/mol. The fourth-order valence-corrected chi connectivity index (χ4v) is 7.02. The van der Waals surface area contributed by atoms with E-state index in [2.05, 4.69) is 50.8 Å². The largest absolute Gasteiger partial charge is 0.378 e. The molecule has 16 nitrogen and oxygen atoms in total. The van der Waals surface area contributed by atoms with Crippen LogP contribution in [0.15, 0.2) is 36.5 Å². The summed E-state index contributed by atoms with van der Waals surface area (Å²) in [5.41, 5.74) is 7.41. The van der Waals surface area contributed by atoms with Gasteiger partial charge >= 0.3 is 0 Å². The molecule has 4 aliphatic rings. The molecule has 5 N–H and O–H groups in total. The van der Waals surface area contributed by atoms with Crippen molar-refractivity contribution in [3.05, 3.63) is 48.0 Å². The molecule has 51 heavy (non-hydrogen) atoms. The summed E-state index contributed by atoms with van der Waals surface area (Å²) in [6, 6.07) is 8.36. The number of carbonyl (C=O) groups excluding carboxylic acids is 3. The van der Waals surface area contributed by atoms with E-state index in [1.807, 2.05) is 23.2 Å². The number of carbonyl (C=O) groups is 3. The van der Waals surface area contributed by atoms with E-state index in [1.54, 1.807) is 12.1 Å². The van der Waals surface area contributed by atoms with E-state index >= 15 is 4.39 Å². The van der Waals surface area contributed by atoms with E-state index in [0.717, 1.165) is 64.3 Å². The Bertz CT molecular complexity index is 1720. The second-order valence-electron chi connectivity index (χ2n) is 13.3. The maximum absolute atomic E-state index is 15.5. The normalized spacial score (nSPS) is 20.6. The van der Waals surface area contributed by atoms with Gasteiger partial charge in [0.2, 0.25) is 17.8 Å². The van der Waals surface area contributed by atoms with Crippen LogP contribution in [0, 0.1) is 11.7 Å². The summed E-state index contributed by atoms with van der Waals surface area (Å²) in [4.78, 5) is 53.3. The van der Waals surface area contributed by atoms with Gasteiger partial charge in [-0.3, -0.25) is 24.6 Å². The van der Waals surface area contributed by atoms with Crippen molar-refractivity contribution in [3.63, 3.8) is 0 Å². The molecule has 2 aromatic heterocycles. The number of primary amides is 1. The van der Waals surface area contributed by atoms with Crippen molar-refractivity contribution < 1.29 is 23.5 Å². The van der Waals surface area contributed by atoms with Crippen LogP contribution in [0.2, 0.25) is 0 Å². The van der Waals surface area contributed by atoms with Crippen LogP contribution in [-0.2, 0) is 14.3 Å². The smallest absolute Gasteiger partial charge is 0.273 e. The molecule has 4 aliphatic heterocycles. The van der Waals surface area contributed by atoms with Crippen molar-refractivity contribution >= 4 is 52.4 Å². The highest BCUT2D eigenvalue weighted by Crippen LogP contribution is 2.29. The standard InChI is InChI=1S/C34H43FN12O4/c35-25-19-23(38-32-30(31(36)49)42-43-34(41-32)47-15-17-51-18-16-47)1-4-27(25)46-13-11-44(12-14-46)21-22-7-9-45(10-8-22)24-2-5-28(37-20-24)39-26-3-6-29(48)40-33(26)50/h1-2,4-5,19-20,22,26H,3,6-18,21H2,(H2,36,49)(H,37,39)(H,38,41,43)(H,40,48,50). The van der Waals surface area contributed by atoms with Crippen molar-refractivity contribution in [3.8, 4) is 0 Å². The average Bonchev–Trinajstić information content (AvgIpc) is 3.14. The first-order valence-corrected chi connectivity index (χ1v) is 17.5. The fourth-order valence-electron chi connectivity index (χ4n) is 7.02. The molecule has 270 valence electrons. The highest BCUT2D eigenvalue weighted by molar-refractivity contribution is 6.01. The topological polar surface area (TPSA) is 187 Å². The number of rotatable bonds is 10. The van der Waals surface area contributed by atoms with E-state index in [-0.39, 0.29) is 29.1 Å². The number of imide groups is 1. The minimum absolute atomic E-state index is 0.120. The predicted octanol–water partition coefficient (Wildman–Crippen LogP) is 1.34. The zero-order chi connectivity index (χ0) is 35.3. The van der Waals surface area contributed by atoms with Crippen LogP contribution >= 0.6 is 0 Å². The third-order valence-electron chi connectivity index (χ3n) is 9.93. The number of amides is 3. The maximum atomic E-state index is 15.5. The van der Waals surface area contributed by atoms with Gasteiger partial charge in [-0.1, -0.05) is 0 Å². The van der Waals surface area contributed by atoms with Crippen LogP contribution in [0.4, 0.5) is 39.0 Å². The predicted molar refractivity (Wildman–Crippen MR) is 189 cm³/mol. The summed E-state index contributed by atoms with van der Waals surface area (Å²) in [6.07, 6.45) is 4.77. The number of nitrogens with two attached hydrogens (primary N) is 1. The molecule has 1 atom stereocenters. The van der Waals surface area contributed by atoms with Crippen molar-refractivity contribution in [1.82, 2.24) is 30.4 Å². The Balaban J connectivity index is 0.873. The summed E-state index contributed by atoms with van der Waals surface area (Å²) in [7, 11) is 0. The third kappa shape index (κ3) is 8.26. The highest BCUT2D eigenvalue weighted by Gasteiger charge is 2.28. The molecule has 0 spiro atoms. The minimum Gasteiger partial charge on any atom is -0.378 e. The lowest BCUT2D eigenvalue weighted by atomic mass is 9.95. The first-order chi connectivity index (χ1) is 24.8. The number of morpholine rings is 1. The van der Waals surface area contributed by atoms with Crippen molar-refractivity contribution in [2.75, 3.05) is 97.4 Å². The maximum Gasteiger partial charge on any atom is 0.273 e. The second-order valence-corrected chi connectivity index (χ2v) is 13.3. The zero-order valence-electron chi connectivity index (χ0n) is 28.4. The van der Waals surface area contributed by atoms with Crippen LogP contribution in [0.3, 0.4) is 0 Å². The van der Waals surface area contributed by atoms with Crippen molar-refractivity contribution in [1.29, 1.82) is 0 Å². The van der Waals surface area contributed by atoms with Crippen LogP contribution in [0.25, 0.3) is 0 Å². The Morgan fingerprint density at radius 2 is 1.73 bits per heavy atom. The molecule has 0 bridgehead atoms. The number of piperazine rings is 1. The van der Waals surface area contributed by atoms with Gasteiger partial charge < -0.3 is 35.8 Å². The molecule has 3 amide bonds. The Morgan fingerprint density at radius 3 is 2.41 bits per heavy atom. The minimum atomic E-state index is -0.781. The number of hydrogen-bond donors (Lipinski definition) is 4. The third-order valence-corrected chi connectivity index (χ3v) is 9.93. The van der Waals surface area contributed by atoms with Crippen LogP contribution in [0.1, 0.15) is 36.2 Å². The Hall–Kier alpha value is -5.16. The molecule has 17 heteroatoms. The lowest BCUT2D eigenvalue weighted by Crippen LogP contribution is -2.49. The number of ether oxygens (including phenoxy) is 1. The number of nitrogens with zero attached hydrogens (tertiary/aromatic N) is 8. The number of pyridine rings is 1. The summed E-state index contributed by atoms with van der Waals surface area (Å²) in [6.45, 7) is 8.30. The molecule has 0 radical (unpaired) electrons. The first-order valence-electron chi connectivity index (χ1n) is 17.5. The van der Waals surface area contributed by atoms with Crippen molar-refractivity contribution in [2.24, 2.45) is 11.7 Å². The van der Waals surface area contributed by atoms with Gasteiger partial charge in [0.05, 0.1) is 30.8 Å². The Morgan fingerprint density at radius 1 is 0.941 bits per heavy atom. The number of anilines is 6. The lowest BCUT2D eigenvalue weighted by Gasteiger charge is -2.40. The summed E-state index contributed by atoms with van der Waals surface area (Å²) >= 11 is 0. The molecule has 4 fully saturated rings. The second kappa shape index (κ2) is 15.4. The van der Waals surface area contributed by atoms with Crippen LogP contribution in [-0.4, -0.2) is 121 Å². The molecule has 4 saturated heterocycles. The van der Waals surface area contributed by atoms with E-state index in [9.17, 15) is 14.4 Å². The molecular weight excluding hydrogens is 659 g/mol. The lowest BCUT2D eigenvalue weighted by molar-refractivity contribution is -0.133. The number of hydrogen-bond acceptors (Lipinski definition) is 14. The molecule has 7 rings (SSSR count). The zero-order valence-corrected chi connectivity index (χ0v) is 28.4. The van der Waals surface area contributed by atoms with Gasteiger partial charge in [-0.2, -0.15) is 4.98 Å². The molecular formula is C34H43FN12O4. The van der Waals surface area contributed by atoms with E-state index in [1.165, 1.54) is 6.07 Å². The van der Waals surface area contributed by atoms with Gasteiger partial charge in [-0.25, -0.2) is 9.37 Å².